The van der Waals surface area contributed by atoms with Gasteiger partial charge in [0, 0.05) is 59.2 Å². The van der Waals surface area contributed by atoms with E-state index in [-0.39, 0.29) is 0 Å². The van der Waals surface area contributed by atoms with Crippen molar-refractivity contribution in [3.8, 4) is 0 Å². The van der Waals surface area contributed by atoms with Gasteiger partial charge in [-0.1, -0.05) is 0 Å². The number of rotatable bonds is 3. The van der Waals surface area contributed by atoms with Crippen LogP contribution in [0.15, 0.2) is 18.3 Å². The highest BCUT2D eigenvalue weighted by molar-refractivity contribution is 7.11. The van der Waals surface area contributed by atoms with Gasteiger partial charge < -0.3 is 0 Å². The third kappa shape index (κ3) is 2.50. The zero-order valence-corrected chi connectivity index (χ0v) is 12.6. The maximum atomic E-state index is 4.79. The van der Waals surface area contributed by atoms with Gasteiger partial charge in [-0.15, -0.1) is 11.3 Å². The lowest BCUT2D eigenvalue weighted by Crippen LogP contribution is -2.30. The van der Waals surface area contributed by atoms with Crippen molar-refractivity contribution in [3.63, 3.8) is 0 Å². The van der Waals surface area contributed by atoms with E-state index in [1.165, 1.54) is 33.9 Å². The molecule has 2 aromatic rings. The fourth-order valence-electron chi connectivity index (χ4n) is 2.85. The van der Waals surface area contributed by atoms with Crippen LogP contribution in [0.5, 0.6) is 0 Å². The molecule has 0 saturated heterocycles. The molecule has 0 bridgehead atoms. The monoisotopic (exact) mass is 285 g/mol. The average molecular weight is 285 g/mol. The SMILES string of the molecule is Cc1ccc(CN2CCc3nc(C4CC4)ncc3C2)s1. The Morgan fingerprint density at radius 3 is 3.00 bits per heavy atom. The smallest absolute Gasteiger partial charge is 0.131 e. The van der Waals surface area contributed by atoms with Gasteiger partial charge in [0.1, 0.15) is 5.82 Å². The maximum absolute atomic E-state index is 4.79. The zero-order chi connectivity index (χ0) is 13.5. The first-order chi connectivity index (χ1) is 9.78. The Kier molecular flexibility index (Phi) is 3.08. The van der Waals surface area contributed by atoms with Gasteiger partial charge in [0.15, 0.2) is 0 Å². The fraction of sp³-hybridized carbons (Fsp3) is 0.500. The summed E-state index contributed by atoms with van der Waals surface area (Å²) >= 11 is 1.90. The minimum atomic E-state index is 0.660. The number of nitrogens with zero attached hydrogens (tertiary/aromatic N) is 3. The van der Waals surface area contributed by atoms with Crippen molar-refractivity contribution >= 4 is 11.3 Å². The first-order valence-corrected chi connectivity index (χ1v) is 8.22. The summed E-state index contributed by atoms with van der Waals surface area (Å²) < 4.78 is 0. The second kappa shape index (κ2) is 4.93. The summed E-state index contributed by atoms with van der Waals surface area (Å²) in [5.41, 5.74) is 2.62. The Bertz CT molecular complexity index is 630. The summed E-state index contributed by atoms with van der Waals surface area (Å²) in [6.07, 6.45) is 5.70. The molecule has 0 spiro atoms. The molecule has 2 aliphatic rings. The molecule has 0 atom stereocenters. The molecule has 20 heavy (non-hydrogen) atoms. The molecule has 3 nitrogen and oxygen atoms in total. The minimum Gasteiger partial charge on any atom is -0.293 e. The Morgan fingerprint density at radius 2 is 2.25 bits per heavy atom. The summed E-state index contributed by atoms with van der Waals surface area (Å²) in [4.78, 5) is 14.7. The van der Waals surface area contributed by atoms with Crippen LogP contribution in [0.2, 0.25) is 0 Å². The van der Waals surface area contributed by atoms with Crippen molar-refractivity contribution in [3.05, 3.63) is 45.2 Å². The third-order valence-corrected chi connectivity index (χ3v) is 5.14. The van der Waals surface area contributed by atoms with Gasteiger partial charge in [0.2, 0.25) is 0 Å². The van der Waals surface area contributed by atoms with Gasteiger partial charge in [-0.25, -0.2) is 9.97 Å². The predicted octanol–water partition coefficient (Wildman–Crippen LogP) is 3.28. The van der Waals surface area contributed by atoms with E-state index in [1.54, 1.807) is 0 Å². The van der Waals surface area contributed by atoms with E-state index in [4.69, 9.17) is 4.98 Å². The lowest BCUT2D eigenvalue weighted by Gasteiger charge is -2.27. The average Bonchev–Trinajstić information content (AvgIpc) is 3.22. The van der Waals surface area contributed by atoms with Crippen LogP contribution in [0.25, 0.3) is 0 Å². The Morgan fingerprint density at radius 1 is 1.35 bits per heavy atom. The van der Waals surface area contributed by atoms with Crippen LogP contribution < -0.4 is 0 Å². The van der Waals surface area contributed by atoms with Crippen LogP contribution in [0.3, 0.4) is 0 Å². The van der Waals surface area contributed by atoms with Crippen LogP contribution >= 0.6 is 11.3 Å². The summed E-state index contributed by atoms with van der Waals surface area (Å²) in [5, 5.41) is 0. The van der Waals surface area contributed by atoms with Gasteiger partial charge in [-0.3, -0.25) is 4.90 Å². The van der Waals surface area contributed by atoms with E-state index in [2.05, 4.69) is 35.1 Å². The molecule has 0 aromatic carbocycles. The van der Waals surface area contributed by atoms with Crippen LogP contribution in [-0.4, -0.2) is 21.4 Å². The van der Waals surface area contributed by atoms with Gasteiger partial charge in [-0.05, 0) is 31.9 Å². The van der Waals surface area contributed by atoms with E-state index >= 15 is 0 Å². The molecule has 3 heterocycles. The first kappa shape index (κ1) is 12.5. The van der Waals surface area contributed by atoms with Crippen molar-refractivity contribution in [1.29, 1.82) is 0 Å². The summed E-state index contributed by atoms with van der Waals surface area (Å²) in [7, 11) is 0. The fourth-order valence-corrected chi connectivity index (χ4v) is 3.79. The van der Waals surface area contributed by atoms with E-state index < -0.39 is 0 Å². The number of thiophene rings is 1. The highest BCUT2D eigenvalue weighted by Gasteiger charge is 2.28. The lowest BCUT2D eigenvalue weighted by molar-refractivity contribution is 0.244. The van der Waals surface area contributed by atoms with Gasteiger partial charge in [-0.2, -0.15) is 0 Å². The van der Waals surface area contributed by atoms with Gasteiger partial charge in [0.05, 0.1) is 0 Å². The molecule has 1 aliphatic carbocycles. The molecule has 0 N–H and O–H groups in total. The van der Waals surface area contributed by atoms with E-state index in [1.807, 2.05) is 11.3 Å². The molecule has 0 radical (unpaired) electrons. The maximum Gasteiger partial charge on any atom is 0.131 e. The molecule has 4 rings (SSSR count). The topological polar surface area (TPSA) is 29.0 Å². The van der Waals surface area contributed by atoms with Crippen molar-refractivity contribution in [2.75, 3.05) is 6.54 Å². The summed E-state index contributed by atoms with van der Waals surface area (Å²) in [5.74, 6) is 1.75. The molecular weight excluding hydrogens is 266 g/mol. The van der Waals surface area contributed by atoms with Gasteiger partial charge >= 0.3 is 0 Å². The standard InChI is InChI=1S/C16H19N3S/c1-11-2-5-14(20-11)10-19-7-6-15-13(9-19)8-17-16(18-15)12-3-4-12/h2,5,8,12H,3-4,6-7,9-10H2,1H3. The number of fused-ring (bicyclic) bond motifs is 1. The van der Waals surface area contributed by atoms with Crippen molar-refractivity contribution in [2.24, 2.45) is 0 Å². The van der Waals surface area contributed by atoms with E-state index in [9.17, 15) is 0 Å². The third-order valence-electron chi connectivity index (χ3n) is 4.15. The number of aromatic nitrogens is 2. The highest BCUT2D eigenvalue weighted by Crippen LogP contribution is 2.38. The Hall–Kier alpha value is -1.26. The molecule has 1 fully saturated rings. The van der Waals surface area contributed by atoms with Crippen molar-refractivity contribution in [1.82, 2.24) is 14.9 Å². The first-order valence-electron chi connectivity index (χ1n) is 7.40. The molecular formula is C16H19N3S. The van der Waals surface area contributed by atoms with Crippen LogP contribution in [0.1, 0.15) is 45.6 Å². The van der Waals surface area contributed by atoms with E-state index in [0.29, 0.717) is 5.92 Å². The molecule has 1 saturated carbocycles. The van der Waals surface area contributed by atoms with E-state index in [0.717, 1.165) is 31.9 Å². The quantitative estimate of drug-likeness (QED) is 0.866. The summed E-state index contributed by atoms with van der Waals surface area (Å²) in [6.45, 7) is 5.34. The number of hydrogen-bond acceptors (Lipinski definition) is 4. The minimum absolute atomic E-state index is 0.660. The largest absolute Gasteiger partial charge is 0.293 e. The molecule has 2 aromatic heterocycles. The Balaban J connectivity index is 1.48. The van der Waals surface area contributed by atoms with Crippen LogP contribution in [-0.2, 0) is 19.5 Å². The zero-order valence-electron chi connectivity index (χ0n) is 11.8. The van der Waals surface area contributed by atoms with Gasteiger partial charge in [0.25, 0.3) is 0 Å². The molecule has 4 heteroatoms. The molecule has 104 valence electrons. The summed E-state index contributed by atoms with van der Waals surface area (Å²) in [6, 6.07) is 4.46. The lowest BCUT2D eigenvalue weighted by atomic mass is 10.1. The second-order valence-corrected chi connectivity index (χ2v) is 7.32. The predicted molar refractivity (Wildman–Crippen MR) is 80.9 cm³/mol. The molecule has 0 amide bonds. The van der Waals surface area contributed by atoms with Crippen molar-refractivity contribution in [2.45, 2.75) is 45.2 Å². The second-order valence-electron chi connectivity index (χ2n) is 5.95. The highest BCUT2D eigenvalue weighted by atomic mass is 32.1. The van der Waals surface area contributed by atoms with Crippen molar-refractivity contribution < 1.29 is 0 Å². The van der Waals surface area contributed by atoms with Crippen LogP contribution in [0.4, 0.5) is 0 Å². The molecule has 0 unspecified atom stereocenters. The van der Waals surface area contributed by atoms with Crippen LogP contribution in [0, 0.1) is 6.92 Å². The Labute approximate surface area is 123 Å². The molecule has 1 aliphatic heterocycles. The normalized spacial score (nSPS) is 19.1. The number of aryl methyl sites for hydroxylation is 1. The number of hydrogen-bond donors (Lipinski definition) is 0.